The Morgan fingerprint density at radius 3 is 1.80 bits per heavy atom. The summed E-state index contributed by atoms with van der Waals surface area (Å²) in [5, 5.41) is 25.0. The van der Waals surface area contributed by atoms with Crippen molar-refractivity contribution in [2.24, 2.45) is 18.4 Å². The summed E-state index contributed by atoms with van der Waals surface area (Å²) in [5.74, 6) is 0. The number of imidazole rings is 2. The number of aryl methyl sites for hydroxylation is 2. The van der Waals surface area contributed by atoms with Gasteiger partial charge in [0.25, 0.3) is 0 Å². The maximum atomic E-state index is 4.68. The van der Waals surface area contributed by atoms with Gasteiger partial charge < -0.3 is 4.40 Å². The molecule has 22 heteroatoms. The van der Waals surface area contributed by atoms with Gasteiger partial charge in [-0.2, -0.15) is 10.2 Å². The third-order valence-corrected chi connectivity index (χ3v) is 8.68. The molecule has 1 radical (unpaired) electrons. The Morgan fingerprint density at radius 2 is 1.24 bits per heavy atom. The maximum absolute atomic E-state index is 4.68. The van der Waals surface area contributed by atoms with E-state index < -0.39 is 0 Å². The van der Waals surface area contributed by atoms with Crippen LogP contribution in [0.2, 0.25) is 0 Å². The van der Waals surface area contributed by atoms with Gasteiger partial charge in [0.2, 0.25) is 11.3 Å². The van der Waals surface area contributed by atoms with Gasteiger partial charge >= 0.3 is 24.8 Å². The van der Waals surface area contributed by atoms with Crippen molar-refractivity contribution in [3.63, 3.8) is 0 Å². The molecule has 0 aromatic carbocycles. The van der Waals surface area contributed by atoms with Crippen molar-refractivity contribution in [2.45, 2.75) is 13.1 Å². The van der Waals surface area contributed by atoms with Crippen LogP contribution in [0, 0.1) is 0 Å². The fourth-order valence-corrected chi connectivity index (χ4v) is 5.99. The van der Waals surface area contributed by atoms with Crippen LogP contribution in [0.4, 0.5) is 0 Å². The predicted molar refractivity (Wildman–Crippen MR) is 204 cm³/mol. The summed E-state index contributed by atoms with van der Waals surface area (Å²) < 4.78 is 14.5. The van der Waals surface area contributed by atoms with Crippen molar-refractivity contribution in [2.75, 3.05) is 0 Å². The molecule has 10 aromatic rings. The second kappa shape index (κ2) is 14.8. The molecule has 10 rings (SSSR count). The molecule has 19 nitrogen and oxygen atoms in total. The molecule has 0 unspecified atom stereocenters. The molecular formula is C32H26BBrN19S. The molecule has 0 atom stereocenters. The second-order valence-electron chi connectivity index (χ2n) is 11.8. The van der Waals surface area contributed by atoms with E-state index in [2.05, 4.69) is 101 Å². The van der Waals surface area contributed by atoms with Gasteiger partial charge in [0.1, 0.15) is 15.9 Å². The zero-order valence-electron chi connectivity index (χ0n) is 28.5. The average molecular weight is 799 g/mol. The topological polar surface area (TPSA) is 196 Å². The van der Waals surface area contributed by atoms with Crippen molar-refractivity contribution in [3.8, 4) is 22.5 Å². The van der Waals surface area contributed by atoms with E-state index in [1.807, 2.05) is 78.1 Å². The molecule has 10 heterocycles. The molecule has 265 valence electrons. The molecule has 0 aliphatic rings. The van der Waals surface area contributed by atoms with Gasteiger partial charge in [0.05, 0.1) is 55.5 Å². The van der Waals surface area contributed by atoms with Gasteiger partial charge in [0.15, 0.2) is 11.3 Å². The van der Waals surface area contributed by atoms with Gasteiger partial charge in [-0.25, -0.2) is 39.3 Å². The van der Waals surface area contributed by atoms with Gasteiger partial charge in [-0.1, -0.05) is 22.6 Å². The minimum atomic E-state index is 0.516. The predicted octanol–water partition coefficient (Wildman–Crippen LogP) is 3.58. The van der Waals surface area contributed by atoms with Gasteiger partial charge in [-0.3, -0.25) is 13.8 Å². The van der Waals surface area contributed by atoms with Crippen LogP contribution < -0.4 is 0 Å². The molecule has 0 N–H and O–H groups in total. The number of fused-ring (bicyclic) bond motifs is 4. The van der Waals surface area contributed by atoms with Crippen molar-refractivity contribution in [1.29, 1.82) is 0 Å². The molecule has 10 aromatic heterocycles. The monoisotopic (exact) mass is 798 g/mol. The summed E-state index contributed by atoms with van der Waals surface area (Å²) in [4.78, 5) is 26.6. The molecule has 0 spiro atoms. The summed E-state index contributed by atoms with van der Waals surface area (Å²) in [5.41, 5.74) is 9.53. The SMILES string of the molecule is Cn1cc(-c2cnc3nnn(Cc4ccc5ncc(Br)n5c4)c3n2)cn1.Cn1cc(-c2cnc3nnn(Cc4ccc5nccn5c4)c3n2)cn1.[B]=NS. The van der Waals surface area contributed by atoms with Crippen molar-refractivity contribution in [3.05, 3.63) is 108 Å². The quantitative estimate of drug-likeness (QED) is 0.190. The van der Waals surface area contributed by atoms with Gasteiger partial charge in [0, 0.05) is 62.4 Å². The molecule has 0 aliphatic heterocycles. The molecule has 0 amide bonds. The summed E-state index contributed by atoms with van der Waals surface area (Å²) in [6, 6.07) is 7.97. The Hall–Kier alpha value is -6.55. The molecule has 54 heavy (non-hydrogen) atoms. The van der Waals surface area contributed by atoms with E-state index >= 15 is 0 Å². The summed E-state index contributed by atoms with van der Waals surface area (Å²) >= 11 is 6.68. The van der Waals surface area contributed by atoms with Crippen LogP contribution in [0.5, 0.6) is 0 Å². The van der Waals surface area contributed by atoms with Crippen LogP contribution in [-0.4, -0.2) is 95.9 Å². The Balaban J connectivity index is 0.000000143. The Bertz CT molecular complexity index is 2900. The van der Waals surface area contributed by atoms with E-state index in [-0.39, 0.29) is 0 Å². The van der Waals surface area contributed by atoms with Gasteiger partial charge in [-0.05, 0) is 39.2 Å². The van der Waals surface area contributed by atoms with Crippen LogP contribution in [0.25, 0.3) is 56.4 Å². The number of halogens is 1. The number of rotatable bonds is 6. The molecule has 0 aliphatic carbocycles. The fourth-order valence-electron chi connectivity index (χ4n) is 5.60. The van der Waals surface area contributed by atoms with Crippen molar-refractivity contribution < 1.29 is 0 Å². The standard InChI is InChI=1S/C16H12BrN9.C16H13N9.BHNS/c1-24-9-11(4-20-24)12-5-19-15-16(21-12)26(23-22-15)8-10-2-3-14-18-6-13(17)25(14)7-10;1-23-10-12(6-19-23)13-7-18-15-16(20-13)25(22-21-15)9-11-2-3-14-17-4-5-24(14)8-11;1-2-3/h2-7,9H,8H2,1H3;2-8,10H,9H2,1H3;3H. The second-order valence-corrected chi connectivity index (χ2v) is 12.8. The van der Waals surface area contributed by atoms with Crippen LogP contribution in [0.1, 0.15) is 11.1 Å². The molecule has 0 saturated carbocycles. The first kappa shape index (κ1) is 34.5. The normalized spacial score (nSPS) is 11.2. The third kappa shape index (κ3) is 7.10. The Morgan fingerprint density at radius 1 is 0.685 bits per heavy atom. The Kier molecular flexibility index (Phi) is 9.48. The summed E-state index contributed by atoms with van der Waals surface area (Å²) in [6.07, 6.45) is 20.2. The van der Waals surface area contributed by atoms with E-state index in [0.717, 1.165) is 49.5 Å². The number of aromatic nitrogens is 18. The zero-order valence-corrected chi connectivity index (χ0v) is 31.0. The van der Waals surface area contributed by atoms with E-state index in [1.54, 1.807) is 55.9 Å². The van der Waals surface area contributed by atoms with Crippen LogP contribution in [0.3, 0.4) is 0 Å². The first-order valence-corrected chi connectivity index (χ1v) is 17.2. The van der Waals surface area contributed by atoms with E-state index in [9.17, 15) is 0 Å². The van der Waals surface area contributed by atoms with Crippen LogP contribution in [-0.2, 0) is 27.2 Å². The van der Waals surface area contributed by atoms with Crippen molar-refractivity contribution in [1.82, 2.24) is 88.3 Å². The fraction of sp³-hybridized carbons (Fsp3) is 0.125. The first-order valence-electron chi connectivity index (χ1n) is 16.0. The zero-order chi connectivity index (χ0) is 37.2. The number of pyridine rings is 2. The average Bonchev–Trinajstić information content (AvgIpc) is 4.05. The van der Waals surface area contributed by atoms with Crippen LogP contribution in [0.15, 0.2) is 101 Å². The van der Waals surface area contributed by atoms with E-state index in [0.29, 0.717) is 35.7 Å². The third-order valence-electron chi connectivity index (χ3n) is 8.09. The van der Waals surface area contributed by atoms with Gasteiger partial charge in [-0.15, -0.1) is 10.2 Å². The Labute approximate surface area is 319 Å². The number of thiol groups is 1. The molecule has 0 saturated heterocycles. The number of hydrogen-bond donors (Lipinski definition) is 1. The molecule has 0 fully saturated rings. The first-order chi connectivity index (χ1) is 26.3. The minimum absolute atomic E-state index is 0.516. The summed E-state index contributed by atoms with van der Waals surface area (Å²) in [6.45, 7) is 1.08. The van der Waals surface area contributed by atoms with E-state index in [1.165, 1.54) is 0 Å². The number of hydrogen-bond acceptors (Lipinski definition) is 14. The summed E-state index contributed by atoms with van der Waals surface area (Å²) in [7, 11) is 8.07. The number of nitrogens with zero attached hydrogens (tertiary/aromatic N) is 19. The molecule has 0 bridgehead atoms. The van der Waals surface area contributed by atoms with E-state index in [4.69, 9.17) is 0 Å². The van der Waals surface area contributed by atoms with Crippen molar-refractivity contribution >= 4 is 70.3 Å². The van der Waals surface area contributed by atoms with Crippen LogP contribution >= 0.6 is 28.7 Å². The molecular weight excluding hydrogens is 773 g/mol.